The third kappa shape index (κ3) is 3.65. The van der Waals surface area contributed by atoms with Crippen LogP contribution in [0.5, 0.6) is 11.5 Å². The van der Waals surface area contributed by atoms with Gasteiger partial charge in [-0.2, -0.15) is 5.10 Å². The predicted octanol–water partition coefficient (Wildman–Crippen LogP) is 4.05. The molecule has 0 unspecified atom stereocenters. The van der Waals surface area contributed by atoms with Crippen LogP contribution in [0, 0.1) is 5.82 Å². The second-order valence-corrected chi connectivity index (χ2v) is 7.95. The van der Waals surface area contributed by atoms with Gasteiger partial charge in [-0.05, 0) is 60.4 Å². The number of nitrogens with one attached hydrogen (secondary N) is 1. The van der Waals surface area contributed by atoms with Crippen LogP contribution in [0.25, 0.3) is 28.0 Å². The SMILES string of the molecule is Cn1ccc2cc(-n3c(-c4cc(CCc5ccccc5F)c(O)cc4O)n[nH]c3=O)ccc21. The smallest absolute Gasteiger partial charge is 0.348 e. The number of hydrogen-bond donors (Lipinski definition) is 3. The van der Waals surface area contributed by atoms with Crippen molar-refractivity contribution in [2.45, 2.75) is 12.8 Å². The zero-order valence-corrected chi connectivity index (χ0v) is 17.8. The molecule has 0 aliphatic rings. The Morgan fingerprint density at radius 1 is 0.970 bits per heavy atom. The quantitative estimate of drug-likeness (QED) is 0.381. The molecule has 33 heavy (non-hydrogen) atoms. The van der Waals surface area contributed by atoms with Gasteiger partial charge < -0.3 is 14.8 Å². The molecule has 0 spiro atoms. The average molecular weight is 444 g/mol. The van der Waals surface area contributed by atoms with Gasteiger partial charge >= 0.3 is 5.69 Å². The standard InChI is InChI=1S/C25H21FN4O3/c1-29-11-10-16-12-18(8-9-21(16)29)30-24(27-28-25(30)33)19-13-17(22(31)14-23(19)32)7-6-15-4-2-3-5-20(15)26/h2-5,8-14,31-32H,6-7H2,1H3,(H,28,33). The minimum Gasteiger partial charge on any atom is -0.508 e. The third-order valence-electron chi connectivity index (χ3n) is 5.86. The number of phenolic OH excluding ortho intramolecular Hbond substituents is 2. The van der Waals surface area contributed by atoms with Crippen molar-refractivity contribution in [1.29, 1.82) is 0 Å². The first-order valence-electron chi connectivity index (χ1n) is 10.4. The minimum absolute atomic E-state index is 0.109. The number of hydrogen-bond acceptors (Lipinski definition) is 4. The number of phenols is 2. The summed E-state index contributed by atoms with van der Waals surface area (Å²) in [6.45, 7) is 0. The first-order chi connectivity index (χ1) is 15.9. The molecule has 0 amide bonds. The van der Waals surface area contributed by atoms with Gasteiger partial charge in [0, 0.05) is 30.2 Å². The predicted molar refractivity (Wildman–Crippen MR) is 123 cm³/mol. The van der Waals surface area contributed by atoms with Crippen molar-refractivity contribution >= 4 is 10.9 Å². The topological polar surface area (TPSA) is 96.1 Å². The monoisotopic (exact) mass is 444 g/mol. The third-order valence-corrected chi connectivity index (χ3v) is 5.86. The summed E-state index contributed by atoms with van der Waals surface area (Å²) in [5.74, 6) is -0.431. The van der Waals surface area contributed by atoms with Gasteiger partial charge in [-0.15, -0.1) is 0 Å². The van der Waals surface area contributed by atoms with Gasteiger partial charge in [-0.25, -0.2) is 18.9 Å². The number of fused-ring (bicyclic) bond motifs is 1. The number of aromatic hydroxyl groups is 2. The number of nitrogens with zero attached hydrogens (tertiary/aromatic N) is 3. The largest absolute Gasteiger partial charge is 0.508 e. The number of aryl methyl sites for hydroxylation is 3. The second kappa shape index (κ2) is 7.98. The molecule has 8 heteroatoms. The van der Waals surface area contributed by atoms with E-state index in [2.05, 4.69) is 10.2 Å². The van der Waals surface area contributed by atoms with Crippen molar-refractivity contribution in [2.24, 2.45) is 7.05 Å². The van der Waals surface area contributed by atoms with Crippen molar-refractivity contribution in [1.82, 2.24) is 19.3 Å². The highest BCUT2D eigenvalue weighted by atomic mass is 19.1. The molecule has 0 saturated heterocycles. The Hall–Kier alpha value is -4.33. The lowest BCUT2D eigenvalue weighted by Gasteiger charge is -2.12. The Balaban J connectivity index is 1.56. The summed E-state index contributed by atoms with van der Waals surface area (Å²) in [4.78, 5) is 12.6. The molecule has 0 fully saturated rings. The summed E-state index contributed by atoms with van der Waals surface area (Å²) < 4.78 is 17.4. The molecule has 5 rings (SSSR count). The van der Waals surface area contributed by atoms with Gasteiger partial charge in [0.15, 0.2) is 5.82 Å². The Bertz CT molecular complexity index is 1550. The van der Waals surface area contributed by atoms with E-state index in [1.807, 2.05) is 36.0 Å². The van der Waals surface area contributed by atoms with E-state index in [1.54, 1.807) is 30.3 Å². The van der Waals surface area contributed by atoms with E-state index in [4.69, 9.17) is 0 Å². The van der Waals surface area contributed by atoms with Crippen LogP contribution in [0.4, 0.5) is 4.39 Å². The molecule has 2 heterocycles. The van der Waals surface area contributed by atoms with Gasteiger partial charge in [0.1, 0.15) is 17.3 Å². The summed E-state index contributed by atoms with van der Waals surface area (Å²) in [7, 11) is 1.94. The zero-order valence-electron chi connectivity index (χ0n) is 17.8. The van der Waals surface area contributed by atoms with Crippen LogP contribution in [0.1, 0.15) is 11.1 Å². The van der Waals surface area contributed by atoms with Gasteiger partial charge in [-0.1, -0.05) is 18.2 Å². The van der Waals surface area contributed by atoms with Gasteiger partial charge in [0.25, 0.3) is 0 Å². The molecule has 3 N–H and O–H groups in total. The number of benzene rings is 3. The number of rotatable bonds is 5. The number of halogens is 1. The van der Waals surface area contributed by atoms with E-state index < -0.39 is 5.69 Å². The molecule has 0 saturated carbocycles. The van der Waals surface area contributed by atoms with Gasteiger partial charge in [0.05, 0.1) is 11.3 Å². The molecule has 3 aromatic carbocycles. The Morgan fingerprint density at radius 2 is 1.76 bits per heavy atom. The number of H-pyrrole nitrogens is 1. The van der Waals surface area contributed by atoms with E-state index in [1.165, 1.54) is 16.7 Å². The van der Waals surface area contributed by atoms with Crippen LogP contribution in [0.15, 0.2) is 71.7 Å². The lowest BCUT2D eigenvalue weighted by atomic mass is 10.00. The van der Waals surface area contributed by atoms with Crippen molar-refractivity contribution in [3.8, 4) is 28.6 Å². The zero-order chi connectivity index (χ0) is 23.1. The fraction of sp³-hybridized carbons (Fsp3) is 0.120. The summed E-state index contributed by atoms with van der Waals surface area (Å²) in [5.41, 5.74) is 2.46. The Morgan fingerprint density at radius 3 is 2.58 bits per heavy atom. The Kier molecular flexibility index (Phi) is 4.97. The molecule has 0 atom stereocenters. The van der Waals surface area contributed by atoms with Crippen molar-refractivity contribution in [3.05, 3.63) is 94.3 Å². The normalized spacial score (nSPS) is 11.3. The number of aromatic amines is 1. The summed E-state index contributed by atoms with van der Waals surface area (Å²) in [5, 5.41) is 28.5. The minimum atomic E-state index is -0.458. The van der Waals surface area contributed by atoms with Crippen molar-refractivity contribution in [2.75, 3.05) is 0 Å². The van der Waals surface area contributed by atoms with Gasteiger partial charge in [-0.3, -0.25) is 0 Å². The Labute approximate surface area is 188 Å². The molecule has 5 aromatic rings. The first-order valence-corrected chi connectivity index (χ1v) is 10.4. The van der Waals surface area contributed by atoms with E-state index in [0.717, 1.165) is 10.9 Å². The van der Waals surface area contributed by atoms with E-state index in [-0.39, 0.29) is 28.7 Å². The molecular formula is C25H21FN4O3. The van der Waals surface area contributed by atoms with Crippen LogP contribution < -0.4 is 5.69 Å². The summed E-state index contributed by atoms with van der Waals surface area (Å²) >= 11 is 0. The molecular weight excluding hydrogens is 423 g/mol. The first kappa shape index (κ1) is 20.6. The van der Waals surface area contributed by atoms with E-state index >= 15 is 0 Å². The van der Waals surface area contributed by atoms with Crippen molar-refractivity contribution in [3.63, 3.8) is 0 Å². The molecule has 166 valence electrons. The molecule has 0 bridgehead atoms. The van der Waals surface area contributed by atoms with Crippen LogP contribution in [-0.4, -0.2) is 29.5 Å². The second-order valence-electron chi connectivity index (χ2n) is 7.95. The van der Waals surface area contributed by atoms with E-state index in [0.29, 0.717) is 29.7 Å². The highest BCUT2D eigenvalue weighted by Crippen LogP contribution is 2.35. The molecule has 0 aliphatic carbocycles. The van der Waals surface area contributed by atoms with Crippen LogP contribution >= 0.6 is 0 Å². The fourth-order valence-corrected chi connectivity index (χ4v) is 4.10. The summed E-state index contributed by atoms with van der Waals surface area (Å²) in [6.07, 6.45) is 2.63. The van der Waals surface area contributed by atoms with Crippen LogP contribution in [0.3, 0.4) is 0 Å². The molecule has 2 aromatic heterocycles. The maximum Gasteiger partial charge on any atom is 0.348 e. The maximum atomic E-state index is 14.0. The summed E-state index contributed by atoms with van der Waals surface area (Å²) in [6, 6.07) is 16.8. The average Bonchev–Trinajstić information content (AvgIpc) is 3.36. The highest BCUT2D eigenvalue weighted by molar-refractivity contribution is 5.82. The molecule has 7 nitrogen and oxygen atoms in total. The van der Waals surface area contributed by atoms with Gasteiger partial charge in [0.2, 0.25) is 0 Å². The fourth-order valence-electron chi connectivity index (χ4n) is 4.10. The van der Waals surface area contributed by atoms with Crippen molar-refractivity contribution < 1.29 is 14.6 Å². The van der Waals surface area contributed by atoms with Crippen LogP contribution in [-0.2, 0) is 19.9 Å². The number of aromatic nitrogens is 4. The lowest BCUT2D eigenvalue weighted by Crippen LogP contribution is -2.15. The van der Waals surface area contributed by atoms with Crippen LogP contribution in [0.2, 0.25) is 0 Å². The maximum absolute atomic E-state index is 14.0. The van der Waals surface area contributed by atoms with E-state index in [9.17, 15) is 19.4 Å². The molecule has 0 aliphatic heterocycles. The highest BCUT2D eigenvalue weighted by Gasteiger charge is 2.19. The molecule has 0 radical (unpaired) electrons. The lowest BCUT2D eigenvalue weighted by molar-refractivity contribution is 0.446.